The van der Waals surface area contributed by atoms with Crippen molar-refractivity contribution < 1.29 is 17.9 Å². The van der Waals surface area contributed by atoms with Crippen LogP contribution < -0.4 is 4.90 Å². The van der Waals surface area contributed by atoms with E-state index < -0.39 is 11.8 Å². The van der Waals surface area contributed by atoms with Gasteiger partial charge in [-0.15, -0.1) is 0 Å². The molecular weight excluding hydrogens is 247 g/mol. The van der Waals surface area contributed by atoms with Gasteiger partial charge in [0.05, 0.1) is 25.0 Å². The summed E-state index contributed by atoms with van der Waals surface area (Å²) < 4.78 is 42.9. The number of ether oxygens (including phenoxy) is 1. The minimum absolute atomic E-state index is 0.230. The molecule has 2 rings (SSSR count). The molecule has 0 amide bonds. The van der Waals surface area contributed by atoms with Gasteiger partial charge in [0.1, 0.15) is 11.8 Å². The summed E-state index contributed by atoms with van der Waals surface area (Å²) in [6, 6.07) is 4.89. The van der Waals surface area contributed by atoms with E-state index >= 15 is 0 Å². The molecule has 0 unspecified atom stereocenters. The van der Waals surface area contributed by atoms with E-state index in [4.69, 9.17) is 5.26 Å². The topological polar surface area (TPSA) is 49.1 Å². The van der Waals surface area contributed by atoms with Gasteiger partial charge < -0.3 is 9.64 Å². The molecule has 0 N–H and O–H groups in total. The van der Waals surface area contributed by atoms with E-state index in [1.165, 1.54) is 17.2 Å². The van der Waals surface area contributed by atoms with Crippen molar-refractivity contribution in [2.45, 2.75) is 11.8 Å². The van der Waals surface area contributed by atoms with Crippen molar-refractivity contribution in [3.05, 3.63) is 24.0 Å². The second kappa shape index (κ2) is 4.14. The fourth-order valence-corrected chi connectivity index (χ4v) is 1.82. The third kappa shape index (κ3) is 1.88. The molecule has 1 fully saturated rings. The Balaban J connectivity index is 2.10. The van der Waals surface area contributed by atoms with Gasteiger partial charge in [0.15, 0.2) is 5.60 Å². The molecule has 2 heterocycles. The van der Waals surface area contributed by atoms with Crippen LogP contribution in [0.1, 0.15) is 5.69 Å². The molecule has 96 valence electrons. The smallest absolute Gasteiger partial charge is 0.365 e. The van der Waals surface area contributed by atoms with E-state index in [1.807, 2.05) is 6.07 Å². The minimum atomic E-state index is -4.39. The Kier molecular flexibility index (Phi) is 2.91. The zero-order chi connectivity index (χ0) is 13.4. The van der Waals surface area contributed by atoms with Crippen LogP contribution in [0.2, 0.25) is 0 Å². The summed E-state index contributed by atoms with van der Waals surface area (Å²) in [6.45, 7) is -0.527. The predicted octanol–water partition coefficient (Wildman–Crippen LogP) is 1.72. The number of nitrogens with zero attached hydrogens (tertiary/aromatic N) is 3. The lowest BCUT2D eigenvalue weighted by Crippen LogP contribution is -2.70. The zero-order valence-electron chi connectivity index (χ0n) is 9.53. The summed E-state index contributed by atoms with van der Waals surface area (Å²) in [5, 5.41) is 8.57. The Morgan fingerprint density at radius 2 is 2.11 bits per heavy atom. The third-order valence-electron chi connectivity index (χ3n) is 3.03. The maximum Gasteiger partial charge on any atom is 0.420 e. The van der Waals surface area contributed by atoms with Crippen molar-refractivity contribution in [2.24, 2.45) is 0 Å². The molecule has 1 aliphatic heterocycles. The van der Waals surface area contributed by atoms with Crippen molar-refractivity contribution in [1.82, 2.24) is 4.98 Å². The highest BCUT2D eigenvalue weighted by Gasteiger charge is 2.62. The Morgan fingerprint density at radius 1 is 1.44 bits per heavy atom. The number of hydrogen-bond donors (Lipinski definition) is 0. The predicted molar refractivity (Wildman–Crippen MR) is 57.0 cm³/mol. The average Bonchev–Trinajstić information content (AvgIpc) is 2.27. The van der Waals surface area contributed by atoms with Gasteiger partial charge in [-0.25, -0.2) is 4.98 Å². The molecule has 0 bridgehead atoms. The van der Waals surface area contributed by atoms with Gasteiger partial charge in [-0.1, -0.05) is 0 Å². The Morgan fingerprint density at radius 3 is 2.50 bits per heavy atom. The molecule has 1 saturated heterocycles. The number of methoxy groups -OCH3 is 1. The van der Waals surface area contributed by atoms with Crippen LogP contribution in [0.4, 0.5) is 18.9 Å². The summed E-state index contributed by atoms with van der Waals surface area (Å²) in [7, 11) is 1.06. The number of pyridine rings is 1. The number of nitriles is 1. The van der Waals surface area contributed by atoms with E-state index in [2.05, 4.69) is 9.72 Å². The standard InChI is InChI=1S/C11H10F3N3O/c1-18-10(11(12,13)14)6-17(7-10)9-3-2-8(4-15)16-5-9/h2-3,5H,6-7H2,1H3. The van der Waals surface area contributed by atoms with Gasteiger partial charge in [-0.2, -0.15) is 18.4 Å². The van der Waals surface area contributed by atoms with Gasteiger partial charge in [-0.05, 0) is 12.1 Å². The van der Waals surface area contributed by atoms with E-state index in [0.29, 0.717) is 5.69 Å². The first kappa shape index (κ1) is 12.6. The molecule has 1 aromatic rings. The Bertz CT molecular complexity index is 472. The van der Waals surface area contributed by atoms with Gasteiger partial charge in [0.2, 0.25) is 0 Å². The van der Waals surface area contributed by atoms with Crippen LogP contribution in [0.15, 0.2) is 18.3 Å². The summed E-state index contributed by atoms with van der Waals surface area (Å²) in [5.74, 6) is 0. The Labute approximate surface area is 102 Å². The van der Waals surface area contributed by atoms with Crippen LogP contribution in [0, 0.1) is 11.3 Å². The highest BCUT2D eigenvalue weighted by atomic mass is 19.4. The van der Waals surface area contributed by atoms with Crippen LogP contribution in [0.5, 0.6) is 0 Å². The first-order valence-corrected chi connectivity index (χ1v) is 5.15. The number of halogens is 3. The zero-order valence-corrected chi connectivity index (χ0v) is 9.53. The molecule has 1 aromatic heterocycles. The van der Waals surface area contributed by atoms with E-state index in [9.17, 15) is 13.2 Å². The Hall–Kier alpha value is -1.81. The molecule has 1 aliphatic rings. The summed E-state index contributed by atoms with van der Waals surface area (Å²) in [6.07, 6.45) is -3.01. The van der Waals surface area contributed by atoms with Crippen molar-refractivity contribution in [2.75, 3.05) is 25.1 Å². The van der Waals surface area contributed by atoms with Crippen LogP contribution in [-0.4, -0.2) is 37.0 Å². The molecule has 0 atom stereocenters. The molecule has 0 saturated carbocycles. The molecule has 18 heavy (non-hydrogen) atoms. The normalized spacial score (nSPS) is 18.1. The van der Waals surface area contributed by atoms with Crippen molar-refractivity contribution >= 4 is 5.69 Å². The quantitative estimate of drug-likeness (QED) is 0.809. The summed E-state index contributed by atoms with van der Waals surface area (Å²) in [4.78, 5) is 5.32. The van der Waals surface area contributed by atoms with E-state index in [0.717, 1.165) is 7.11 Å². The maximum absolute atomic E-state index is 12.8. The molecule has 0 spiro atoms. The monoisotopic (exact) mass is 257 g/mol. The molecule has 0 radical (unpaired) electrons. The lowest BCUT2D eigenvalue weighted by atomic mass is 9.92. The summed E-state index contributed by atoms with van der Waals surface area (Å²) in [5.41, 5.74) is -1.32. The first-order chi connectivity index (χ1) is 8.42. The molecule has 0 aliphatic carbocycles. The van der Waals surface area contributed by atoms with Crippen molar-refractivity contribution in [3.63, 3.8) is 0 Å². The number of hydrogen-bond acceptors (Lipinski definition) is 4. The SMILES string of the molecule is COC1(C(F)(F)F)CN(c2ccc(C#N)nc2)C1. The fraction of sp³-hybridized carbons (Fsp3) is 0.455. The molecular formula is C11H10F3N3O. The maximum atomic E-state index is 12.8. The van der Waals surface area contributed by atoms with Crippen LogP contribution in [0.25, 0.3) is 0 Å². The highest BCUT2D eigenvalue weighted by Crippen LogP contribution is 2.42. The molecule has 7 heteroatoms. The van der Waals surface area contributed by atoms with Gasteiger partial charge in [-0.3, -0.25) is 0 Å². The average molecular weight is 257 g/mol. The second-order valence-electron chi connectivity index (χ2n) is 4.07. The number of alkyl halides is 3. The first-order valence-electron chi connectivity index (χ1n) is 5.15. The molecule has 4 nitrogen and oxygen atoms in total. The van der Waals surface area contributed by atoms with E-state index in [1.54, 1.807) is 6.07 Å². The van der Waals surface area contributed by atoms with Gasteiger partial charge >= 0.3 is 6.18 Å². The van der Waals surface area contributed by atoms with E-state index in [-0.39, 0.29) is 18.8 Å². The largest absolute Gasteiger partial charge is 0.420 e. The number of anilines is 1. The third-order valence-corrected chi connectivity index (χ3v) is 3.03. The van der Waals surface area contributed by atoms with Crippen molar-refractivity contribution in [3.8, 4) is 6.07 Å². The number of rotatable bonds is 2. The van der Waals surface area contributed by atoms with Crippen LogP contribution in [-0.2, 0) is 4.74 Å². The number of aromatic nitrogens is 1. The lowest BCUT2D eigenvalue weighted by molar-refractivity contribution is -0.277. The lowest BCUT2D eigenvalue weighted by Gasteiger charge is -2.50. The van der Waals surface area contributed by atoms with Crippen LogP contribution in [0.3, 0.4) is 0 Å². The van der Waals surface area contributed by atoms with Gasteiger partial charge in [0.25, 0.3) is 0 Å². The van der Waals surface area contributed by atoms with Crippen LogP contribution >= 0.6 is 0 Å². The second-order valence-corrected chi connectivity index (χ2v) is 4.07. The summed E-state index contributed by atoms with van der Waals surface area (Å²) >= 11 is 0. The van der Waals surface area contributed by atoms with Gasteiger partial charge in [0, 0.05) is 7.11 Å². The highest BCUT2D eigenvalue weighted by molar-refractivity contribution is 5.50. The minimum Gasteiger partial charge on any atom is -0.365 e. The fourth-order valence-electron chi connectivity index (χ4n) is 1.82. The molecule has 0 aromatic carbocycles. The van der Waals surface area contributed by atoms with Crippen molar-refractivity contribution in [1.29, 1.82) is 5.26 Å².